The largest absolute Gasteiger partial charge is 0.325 e. The fourth-order valence-corrected chi connectivity index (χ4v) is 4.88. The van der Waals surface area contributed by atoms with Crippen molar-refractivity contribution < 1.29 is 22.8 Å². The van der Waals surface area contributed by atoms with Gasteiger partial charge in [-0.25, -0.2) is 13.2 Å². The van der Waals surface area contributed by atoms with E-state index in [1.54, 1.807) is 0 Å². The Morgan fingerprint density at radius 2 is 1.81 bits per heavy atom. The van der Waals surface area contributed by atoms with Gasteiger partial charge in [-0.3, -0.25) is 14.5 Å². The summed E-state index contributed by atoms with van der Waals surface area (Å²) in [6, 6.07) is 12.7. The van der Waals surface area contributed by atoms with Crippen LogP contribution in [0.25, 0.3) is 0 Å². The van der Waals surface area contributed by atoms with E-state index in [0.717, 1.165) is 41.5 Å². The number of aryl methyl sites for hydroxylation is 1. The van der Waals surface area contributed by atoms with Gasteiger partial charge < -0.3 is 10.6 Å². The predicted octanol–water partition coefficient (Wildman–Crippen LogP) is 2.20. The number of sulfone groups is 1. The molecule has 4 amide bonds. The molecule has 2 aromatic carbocycles. The van der Waals surface area contributed by atoms with Gasteiger partial charge in [-0.05, 0) is 61.1 Å². The highest BCUT2D eigenvalue weighted by atomic mass is 32.2. The number of anilines is 1. The van der Waals surface area contributed by atoms with E-state index in [-0.39, 0.29) is 4.90 Å². The molecular formula is C22H23N3O5S. The molecule has 4 rings (SSSR count). The predicted molar refractivity (Wildman–Crippen MR) is 114 cm³/mol. The molecule has 0 saturated carbocycles. The van der Waals surface area contributed by atoms with Crippen LogP contribution in [0, 0.1) is 0 Å². The average molecular weight is 442 g/mol. The number of fused-ring (bicyclic) bond motifs is 2. The molecule has 0 radical (unpaired) electrons. The first-order valence-electron chi connectivity index (χ1n) is 10.0. The van der Waals surface area contributed by atoms with Gasteiger partial charge in [0.05, 0.1) is 4.90 Å². The number of amides is 4. The van der Waals surface area contributed by atoms with Gasteiger partial charge in [0.15, 0.2) is 9.84 Å². The van der Waals surface area contributed by atoms with Crippen LogP contribution in [0.15, 0.2) is 53.4 Å². The second-order valence-corrected chi connectivity index (χ2v) is 9.95. The Kier molecular flexibility index (Phi) is 5.30. The fourth-order valence-electron chi connectivity index (χ4n) is 4.25. The molecule has 2 aliphatic rings. The molecule has 1 aliphatic carbocycles. The molecule has 8 nitrogen and oxygen atoms in total. The Balaban J connectivity index is 1.52. The van der Waals surface area contributed by atoms with Crippen molar-refractivity contribution in [3.05, 3.63) is 59.7 Å². The molecule has 0 unspecified atom stereocenters. The van der Waals surface area contributed by atoms with Gasteiger partial charge in [0, 0.05) is 11.9 Å². The van der Waals surface area contributed by atoms with Gasteiger partial charge >= 0.3 is 6.03 Å². The molecule has 9 heteroatoms. The number of carbonyl (C=O) groups is 3. The number of imide groups is 1. The van der Waals surface area contributed by atoms with Crippen LogP contribution in [0.3, 0.4) is 0 Å². The Hall–Kier alpha value is -3.20. The molecule has 1 atom stereocenters. The normalized spacial score (nSPS) is 20.9. The van der Waals surface area contributed by atoms with Gasteiger partial charge in [-0.15, -0.1) is 0 Å². The molecule has 1 aliphatic heterocycles. The molecule has 0 aromatic heterocycles. The number of hydrogen-bond acceptors (Lipinski definition) is 5. The maximum atomic E-state index is 13.3. The van der Waals surface area contributed by atoms with Crippen molar-refractivity contribution in [1.82, 2.24) is 10.2 Å². The maximum absolute atomic E-state index is 13.3. The van der Waals surface area contributed by atoms with Gasteiger partial charge in [0.2, 0.25) is 5.91 Å². The Morgan fingerprint density at radius 3 is 2.52 bits per heavy atom. The van der Waals surface area contributed by atoms with Crippen LogP contribution in [0.4, 0.5) is 10.5 Å². The lowest BCUT2D eigenvalue weighted by atomic mass is 9.84. The topological polar surface area (TPSA) is 113 Å². The van der Waals surface area contributed by atoms with Crippen molar-refractivity contribution in [3.63, 3.8) is 0 Å². The Morgan fingerprint density at radius 1 is 1.10 bits per heavy atom. The first kappa shape index (κ1) is 21.0. The molecule has 2 N–H and O–H groups in total. The number of hydrogen-bond donors (Lipinski definition) is 2. The van der Waals surface area contributed by atoms with Crippen molar-refractivity contribution in [3.8, 4) is 0 Å². The van der Waals surface area contributed by atoms with Crippen LogP contribution in [0.2, 0.25) is 0 Å². The standard InChI is InChI=1S/C22H23N3O5S/c1-31(29,30)17-11-9-16(10-12-17)23-19(26)14-25-20(27)22(24-21(25)28)13-5-4-7-15-6-2-3-8-18(15)22/h2-3,6,8-12H,4-5,7,13-14H2,1H3,(H,23,26)(H,24,28)/t22-/m1/s1. The summed E-state index contributed by atoms with van der Waals surface area (Å²) < 4.78 is 23.1. The number of carbonyl (C=O) groups excluding carboxylic acids is 3. The lowest BCUT2D eigenvalue weighted by Gasteiger charge is -2.27. The van der Waals surface area contributed by atoms with E-state index < -0.39 is 39.8 Å². The number of nitrogens with one attached hydrogen (secondary N) is 2. The van der Waals surface area contributed by atoms with E-state index in [4.69, 9.17) is 0 Å². The number of rotatable bonds is 4. The highest BCUT2D eigenvalue weighted by Gasteiger charge is 2.53. The van der Waals surface area contributed by atoms with E-state index in [1.807, 2.05) is 24.3 Å². The monoisotopic (exact) mass is 441 g/mol. The van der Waals surface area contributed by atoms with Crippen LogP contribution in [-0.4, -0.2) is 44.0 Å². The van der Waals surface area contributed by atoms with Crippen molar-refractivity contribution in [2.24, 2.45) is 0 Å². The molecule has 1 heterocycles. The summed E-state index contributed by atoms with van der Waals surface area (Å²) in [5.41, 5.74) is 1.07. The summed E-state index contributed by atoms with van der Waals surface area (Å²) in [6.45, 7) is -0.428. The summed E-state index contributed by atoms with van der Waals surface area (Å²) in [7, 11) is -3.34. The lowest BCUT2D eigenvalue weighted by molar-refractivity contribution is -0.134. The van der Waals surface area contributed by atoms with Crippen LogP contribution in [0.5, 0.6) is 0 Å². The summed E-state index contributed by atoms with van der Waals surface area (Å²) in [5, 5.41) is 5.45. The zero-order chi connectivity index (χ0) is 22.2. The van der Waals surface area contributed by atoms with Gasteiger partial charge in [-0.1, -0.05) is 24.3 Å². The molecule has 162 valence electrons. The van der Waals surface area contributed by atoms with E-state index >= 15 is 0 Å². The SMILES string of the molecule is CS(=O)(=O)c1ccc(NC(=O)CN2C(=O)N[C@@]3(CCCCc4ccccc43)C2=O)cc1. The number of urea groups is 1. The van der Waals surface area contributed by atoms with Gasteiger partial charge in [0.1, 0.15) is 12.1 Å². The van der Waals surface area contributed by atoms with E-state index in [1.165, 1.54) is 24.3 Å². The third-order valence-electron chi connectivity index (χ3n) is 5.77. The highest BCUT2D eigenvalue weighted by Crippen LogP contribution is 2.38. The molecule has 2 aromatic rings. The van der Waals surface area contributed by atoms with E-state index in [2.05, 4.69) is 10.6 Å². The van der Waals surface area contributed by atoms with Gasteiger partial charge in [0.25, 0.3) is 5.91 Å². The minimum atomic E-state index is -3.34. The molecular weight excluding hydrogens is 418 g/mol. The summed E-state index contributed by atoms with van der Waals surface area (Å²) in [4.78, 5) is 39.6. The highest BCUT2D eigenvalue weighted by molar-refractivity contribution is 7.90. The van der Waals surface area contributed by atoms with Crippen LogP contribution in [0.1, 0.15) is 30.4 Å². The van der Waals surface area contributed by atoms with Crippen molar-refractivity contribution in [1.29, 1.82) is 0 Å². The van der Waals surface area contributed by atoms with Crippen molar-refractivity contribution in [2.45, 2.75) is 36.1 Å². The molecule has 1 fully saturated rings. The second-order valence-electron chi connectivity index (χ2n) is 7.94. The minimum Gasteiger partial charge on any atom is -0.325 e. The van der Waals surface area contributed by atoms with Crippen LogP contribution >= 0.6 is 0 Å². The van der Waals surface area contributed by atoms with Crippen LogP contribution < -0.4 is 10.6 Å². The van der Waals surface area contributed by atoms with Crippen molar-refractivity contribution in [2.75, 3.05) is 18.1 Å². The first-order valence-corrected chi connectivity index (χ1v) is 11.9. The number of benzene rings is 2. The average Bonchev–Trinajstić information content (AvgIpc) is 2.87. The third-order valence-corrected chi connectivity index (χ3v) is 6.90. The quantitative estimate of drug-likeness (QED) is 0.707. The smallest absolute Gasteiger partial charge is 0.325 e. The Labute approximate surface area is 180 Å². The summed E-state index contributed by atoms with van der Waals surface area (Å²) in [6.07, 6.45) is 4.13. The molecule has 31 heavy (non-hydrogen) atoms. The van der Waals surface area contributed by atoms with Gasteiger partial charge in [-0.2, -0.15) is 0 Å². The zero-order valence-electron chi connectivity index (χ0n) is 17.1. The third kappa shape index (κ3) is 3.93. The van der Waals surface area contributed by atoms with E-state index in [0.29, 0.717) is 12.1 Å². The zero-order valence-corrected chi connectivity index (χ0v) is 17.9. The maximum Gasteiger partial charge on any atom is 0.325 e. The van der Waals surface area contributed by atoms with E-state index in [9.17, 15) is 22.8 Å². The Bertz CT molecular complexity index is 1160. The lowest BCUT2D eigenvalue weighted by Crippen LogP contribution is -2.44. The minimum absolute atomic E-state index is 0.133. The molecule has 0 bridgehead atoms. The second kappa shape index (κ2) is 7.81. The summed E-state index contributed by atoms with van der Waals surface area (Å²) >= 11 is 0. The van der Waals surface area contributed by atoms with Crippen LogP contribution in [-0.2, 0) is 31.4 Å². The fraction of sp³-hybridized carbons (Fsp3) is 0.318. The first-order chi connectivity index (χ1) is 14.7. The summed E-state index contributed by atoms with van der Waals surface area (Å²) in [5.74, 6) is -0.969. The molecule has 1 saturated heterocycles. The molecule has 1 spiro atoms. The number of nitrogens with zero attached hydrogens (tertiary/aromatic N) is 1. The van der Waals surface area contributed by atoms with Crippen molar-refractivity contribution >= 4 is 33.4 Å².